The molecule has 0 bridgehead atoms. The minimum Gasteiger partial charge on any atom is -0.307 e. The lowest BCUT2D eigenvalue weighted by molar-refractivity contribution is 0.462. The molecule has 1 aliphatic carbocycles. The van der Waals surface area contributed by atoms with Crippen LogP contribution in [-0.2, 0) is 0 Å². The predicted molar refractivity (Wildman–Crippen MR) is 82.3 cm³/mol. The SMILES string of the molecule is CCSC1CCC(NC(C)c2ccc(C#N)cc2)C1. The highest BCUT2D eigenvalue weighted by Gasteiger charge is 2.25. The summed E-state index contributed by atoms with van der Waals surface area (Å²) >= 11 is 2.09. The van der Waals surface area contributed by atoms with Crippen LogP contribution < -0.4 is 5.32 Å². The molecule has 1 fully saturated rings. The van der Waals surface area contributed by atoms with E-state index in [-0.39, 0.29) is 0 Å². The molecule has 3 unspecified atom stereocenters. The molecule has 1 aromatic rings. The van der Waals surface area contributed by atoms with Gasteiger partial charge in [-0.15, -0.1) is 0 Å². The Morgan fingerprint density at radius 3 is 2.74 bits per heavy atom. The molecule has 102 valence electrons. The Hall–Kier alpha value is -0.980. The maximum atomic E-state index is 8.81. The van der Waals surface area contributed by atoms with Crippen molar-refractivity contribution in [3.8, 4) is 6.07 Å². The molecule has 0 amide bonds. The second-order valence-electron chi connectivity index (χ2n) is 5.21. The lowest BCUT2D eigenvalue weighted by Gasteiger charge is -2.20. The van der Waals surface area contributed by atoms with Gasteiger partial charge in [0.05, 0.1) is 11.6 Å². The van der Waals surface area contributed by atoms with Gasteiger partial charge in [0, 0.05) is 17.3 Å². The zero-order valence-corrected chi connectivity index (χ0v) is 12.5. The number of nitrogens with zero attached hydrogens (tertiary/aromatic N) is 1. The van der Waals surface area contributed by atoms with Crippen LogP contribution in [0.2, 0.25) is 0 Å². The van der Waals surface area contributed by atoms with Crippen LogP contribution in [0.3, 0.4) is 0 Å². The van der Waals surface area contributed by atoms with Gasteiger partial charge in [-0.3, -0.25) is 0 Å². The van der Waals surface area contributed by atoms with Gasteiger partial charge in [-0.1, -0.05) is 19.1 Å². The third kappa shape index (κ3) is 3.99. The summed E-state index contributed by atoms with van der Waals surface area (Å²) in [7, 11) is 0. The third-order valence-electron chi connectivity index (χ3n) is 3.81. The van der Waals surface area contributed by atoms with Crippen LogP contribution in [0.4, 0.5) is 0 Å². The molecule has 1 aliphatic rings. The highest BCUT2D eigenvalue weighted by atomic mass is 32.2. The highest BCUT2D eigenvalue weighted by molar-refractivity contribution is 7.99. The van der Waals surface area contributed by atoms with Gasteiger partial charge in [-0.05, 0) is 49.6 Å². The summed E-state index contributed by atoms with van der Waals surface area (Å²) in [5, 5.41) is 13.4. The van der Waals surface area contributed by atoms with Crippen LogP contribution in [0.15, 0.2) is 24.3 Å². The van der Waals surface area contributed by atoms with Crippen LogP contribution in [0.5, 0.6) is 0 Å². The summed E-state index contributed by atoms with van der Waals surface area (Å²) in [5.41, 5.74) is 2.00. The lowest BCUT2D eigenvalue weighted by Crippen LogP contribution is -2.29. The molecule has 1 N–H and O–H groups in total. The molecular weight excluding hydrogens is 252 g/mol. The first kappa shape index (κ1) is 14.4. The van der Waals surface area contributed by atoms with E-state index in [9.17, 15) is 0 Å². The number of hydrogen-bond acceptors (Lipinski definition) is 3. The fraction of sp³-hybridized carbons (Fsp3) is 0.562. The van der Waals surface area contributed by atoms with Crippen LogP contribution in [0.25, 0.3) is 0 Å². The molecule has 3 atom stereocenters. The minimum atomic E-state index is 0.364. The number of nitriles is 1. The Labute approximate surface area is 120 Å². The number of thioether (sulfide) groups is 1. The van der Waals surface area contributed by atoms with Gasteiger partial charge in [-0.25, -0.2) is 0 Å². The molecule has 19 heavy (non-hydrogen) atoms. The van der Waals surface area contributed by atoms with Crippen molar-refractivity contribution in [2.45, 2.75) is 50.4 Å². The molecule has 0 heterocycles. The third-order valence-corrected chi connectivity index (χ3v) is 5.05. The number of hydrogen-bond donors (Lipinski definition) is 1. The number of nitrogens with one attached hydrogen (secondary N) is 1. The summed E-state index contributed by atoms with van der Waals surface area (Å²) < 4.78 is 0. The minimum absolute atomic E-state index is 0.364. The van der Waals surface area contributed by atoms with Crippen LogP contribution in [-0.4, -0.2) is 17.0 Å². The molecular formula is C16H22N2S. The highest BCUT2D eigenvalue weighted by Crippen LogP contribution is 2.31. The molecule has 0 aromatic heterocycles. The van der Waals surface area contributed by atoms with Crippen molar-refractivity contribution in [3.05, 3.63) is 35.4 Å². The van der Waals surface area contributed by atoms with E-state index >= 15 is 0 Å². The first-order valence-electron chi connectivity index (χ1n) is 7.10. The summed E-state index contributed by atoms with van der Waals surface area (Å²) in [6.07, 6.45) is 3.92. The molecule has 0 aliphatic heterocycles. The second-order valence-corrected chi connectivity index (χ2v) is 6.79. The van der Waals surface area contributed by atoms with Crippen molar-refractivity contribution in [1.82, 2.24) is 5.32 Å². The van der Waals surface area contributed by atoms with Gasteiger partial charge < -0.3 is 5.32 Å². The summed E-state index contributed by atoms with van der Waals surface area (Å²) in [6, 6.07) is 11.1. The Morgan fingerprint density at radius 1 is 1.37 bits per heavy atom. The Kier molecular flexibility index (Phi) is 5.30. The van der Waals surface area contributed by atoms with Crippen molar-refractivity contribution < 1.29 is 0 Å². The maximum absolute atomic E-state index is 8.81. The van der Waals surface area contributed by atoms with Gasteiger partial charge in [-0.2, -0.15) is 17.0 Å². The Morgan fingerprint density at radius 2 is 2.11 bits per heavy atom. The van der Waals surface area contributed by atoms with Crippen LogP contribution in [0.1, 0.15) is 50.3 Å². The van der Waals surface area contributed by atoms with Crippen molar-refractivity contribution in [2.24, 2.45) is 0 Å². The van der Waals surface area contributed by atoms with E-state index < -0.39 is 0 Å². The fourth-order valence-electron chi connectivity index (χ4n) is 2.77. The van der Waals surface area contributed by atoms with E-state index in [1.165, 1.54) is 30.6 Å². The van der Waals surface area contributed by atoms with Crippen molar-refractivity contribution in [1.29, 1.82) is 5.26 Å². The van der Waals surface area contributed by atoms with Gasteiger partial charge in [0.2, 0.25) is 0 Å². The van der Waals surface area contributed by atoms with Crippen LogP contribution >= 0.6 is 11.8 Å². The Balaban J connectivity index is 1.87. The average molecular weight is 274 g/mol. The molecule has 1 aromatic carbocycles. The normalized spacial score (nSPS) is 24.1. The quantitative estimate of drug-likeness (QED) is 0.885. The summed E-state index contributed by atoms with van der Waals surface area (Å²) in [4.78, 5) is 0. The molecule has 3 heteroatoms. The first-order chi connectivity index (χ1) is 9.22. The summed E-state index contributed by atoms with van der Waals surface area (Å²) in [6.45, 7) is 4.45. The molecule has 2 nitrogen and oxygen atoms in total. The standard InChI is InChI=1S/C16H22N2S/c1-3-19-16-9-8-15(10-16)18-12(2)14-6-4-13(11-17)5-7-14/h4-7,12,15-16,18H,3,8-10H2,1-2H3. The molecule has 1 saturated carbocycles. The van der Waals surface area contributed by atoms with E-state index in [1.54, 1.807) is 0 Å². The summed E-state index contributed by atoms with van der Waals surface area (Å²) in [5.74, 6) is 1.22. The fourth-order valence-corrected chi connectivity index (χ4v) is 3.92. The topological polar surface area (TPSA) is 35.8 Å². The van der Waals surface area contributed by atoms with E-state index in [1.807, 2.05) is 12.1 Å². The van der Waals surface area contributed by atoms with Crippen molar-refractivity contribution in [3.63, 3.8) is 0 Å². The van der Waals surface area contributed by atoms with E-state index in [0.717, 1.165) is 10.8 Å². The van der Waals surface area contributed by atoms with Crippen LogP contribution in [0, 0.1) is 11.3 Å². The number of benzene rings is 1. The first-order valence-corrected chi connectivity index (χ1v) is 8.15. The molecule has 0 radical (unpaired) electrons. The van der Waals surface area contributed by atoms with Gasteiger partial charge in [0.1, 0.15) is 0 Å². The van der Waals surface area contributed by atoms with Gasteiger partial charge >= 0.3 is 0 Å². The molecule has 0 spiro atoms. The Bertz CT molecular complexity index is 435. The zero-order valence-electron chi connectivity index (χ0n) is 11.7. The molecule has 2 rings (SSSR count). The average Bonchev–Trinajstić information content (AvgIpc) is 2.86. The van der Waals surface area contributed by atoms with Crippen molar-refractivity contribution >= 4 is 11.8 Å². The second kappa shape index (κ2) is 6.98. The maximum Gasteiger partial charge on any atom is 0.0991 e. The van der Waals surface area contributed by atoms with E-state index in [2.05, 4.69) is 49.1 Å². The lowest BCUT2D eigenvalue weighted by atomic mass is 10.1. The monoisotopic (exact) mass is 274 g/mol. The smallest absolute Gasteiger partial charge is 0.0991 e. The molecule has 0 saturated heterocycles. The zero-order chi connectivity index (χ0) is 13.7. The number of rotatable bonds is 5. The predicted octanol–water partition coefficient (Wildman–Crippen LogP) is 3.88. The van der Waals surface area contributed by atoms with E-state index in [4.69, 9.17) is 5.26 Å². The largest absolute Gasteiger partial charge is 0.307 e. The van der Waals surface area contributed by atoms with Crippen molar-refractivity contribution in [2.75, 3.05) is 5.75 Å². The van der Waals surface area contributed by atoms with Gasteiger partial charge in [0.25, 0.3) is 0 Å². The van der Waals surface area contributed by atoms with E-state index in [0.29, 0.717) is 12.1 Å². The van der Waals surface area contributed by atoms with Gasteiger partial charge in [0.15, 0.2) is 0 Å².